The van der Waals surface area contributed by atoms with Crippen molar-refractivity contribution in [1.29, 1.82) is 0 Å². The number of pyridine rings is 1. The van der Waals surface area contributed by atoms with Gasteiger partial charge in [0.1, 0.15) is 5.82 Å². The van der Waals surface area contributed by atoms with Crippen LogP contribution in [0.15, 0.2) is 24.5 Å². The van der Waals surface area contributed by atoms with E-state index in [1.54, 1.807) is 12.4 Å². The second-order valence-electron chi connectivity index (χ2n) is 3.50. The quantitative estimate of drug-likeness (QED) is 0.873. The molecule has 0 bridgehead atoms. The number of nitrogens with one attached hydrogen (secondary N) is 1. The van der Waals surface area contributed by atoms with Crippen molar-refractivity contribution in [3.63, 3.8) is 0 Å². The Bertz CT molecular complexity index is 488. The lowest BCUT2D eigenvalue weighted by Crippen LogP contribution is -2.04. The highest BCUT2D eigenvalue weighted by molar-refractivity contribution is 14.1. The van der Waals surface area contributed by atoms with Crippen LogP contribution in [0.1, 0.15) is 12.6 Å². The van der Waals surface area contributed by atoms with E-state index < -0.39 is 0 Å². The maximum atomic E-state index is 4.57. The van der Waals surface area contributed by atoms with E-state index in [0.29, 0.717) is 0 Å². The molecule has 2 heterocycles. The van der Waals surface area contributed by atoms with Crippen molar-refractivity contribution in [3.8, 4) is 11.4 Å². The fraction of sp³-hybridized carbons (Fsp3) is 0.250. The van der Waals surface area contributed by atoms with Crippen LogP contribution in [0.3, 0.4) is 0 Å². The predicted molar refractivity (Wildman–Crippen MR) is 76.9 cm³/mol. The minimum absolute atomic E-state index is 0.722. The van der Waals surface area contributed by atoms with Gasteiger partial charge in [0.25, 0.3) is 0 Å². The molecule has 0 saturated carbocycles. The zero-order valence-electron chi connectivity index (χ0n) is 9.74. The molecule has 88 valence electrons. The molecule has 0 aliphatic carbocycles. The molecule has 0 amide bonds. The van der Waals surface area contributed by atoms with Crippen LogP contribution in [-0.4, -0.2) is 22.0 Å². The number of aromatic nitrogens is 3. The van der Waals surface area contributed by atoms with E-state index in [4.69, 9.17) is 0 Å². The summed E-state index contributed by atoms with van der Waals surface area (Å²) >= 11 is 2.27. The van der Waals surface area contributed by atoms with Gasteiger partial charge in [-0.15, -0.1) is 0 Å². The summed E-state index contributed by atoms with van der Waals surface area (Å²) < 4.78 is 1.08. The molecular formula is C12H13IN4. The Morgan fingerprint density at radius 2 is 2.18 bits per heavy atom. The van der Waals surface area contributed by atoms with Crippen molar-refractivity contribution in [1.82, 2.24) is 15.0 Å². The Kier molecular flexibility index (Phi) is 3.88. The lowest BCUT2D eigenvalue weighted by atomic mass is 10.2. The van der Waals surface area contributed by atoms with Crippen LogP contribution in [0.2, 0.25) is 0 Å². The van der Waals surface area contributed by atoms with Crippen molar-refractivity contribution in [3.05, 3.63) is 33.8 Å². The van der Waals surface area contributed by atoms with E-state index in [1.807, 2.05) is 19.2 Å². The van der Waals surface area contributed by atoms with Crippen LogP contribution in [0, 0.1) is 3.57 Å². The average molecular weight is 340 g/mol. The maximum absolute atomic E-state index is 4.57. The van der Waals surface area contributed by atoms with E-state index in [1.165, 1.54) is 0 Å². The molecule has 0 saturated heterocycles. The highest BCUT2D eigenvalue weighted by Crippen LogP contribution is 2.23. The number of hydrogen-bond acceptors (Lipinski definition) is 4. The summed E-state index contributed by atoms with van der Waals surface area (Å²) in [7, 11) is 1.87. The van der Waals surface area contributed by atoms with Crippen LogP contribution in [0.25, 0.3) is 11.4 Å². The van der Waals surface area contributed by atoms with Gasteiger partial charge in [0.15, 0.2) is 5.82 Å². The van der Waals surface area contributed by atoms with Gasteiger partial charge in [-0.05, 0) is 41.1 Å². The van der Waals surface area contributed by atoms with E-state index in [2.05, 4.69) is 49.8 Å². The van der Waals surface area contributed by atoms with E-state index in [9.17, 15) is 0 Å². The third kappa shape index (κ3) is 2.54. The minimum atomic E-state index is 0.722. The van der Waals surface area contributed by atoms with Crippen LogP contribution in [0.4, 0.5) is 5.82 Å². The number of aryl methyl sites for hydroxylation is 1. The van der Waals surface area contributed by atoms with Crippen molar-refractivity contribution in [2.45, 2.75) is 13.3 Å². The molecule has 2 aromatic rings. The van der Waals surface area contributed by atoms with E-state index >= 15 is 0 Å². The van der Waals surface area contributed by atoms with Crippen LogP contribution in [-0.2, 0) is 6.42 Å². The van der Waals surface area contributed by atoms with Gasteiger partial charge < -0.3 is 5.32 Å². The minimum Gasteiger partial charge on any atom is -0.372 e. The second kappa shape index (κ2) is 5.39. The van der Waals surface area contributed by atoms with Gasteiger partial charge in [0, 0.05) is 25.0 Å². The first-order valence-corrected chi connectivity index (χ1v) is 6.48. The van der Waals surface area contributed by atoms with Crippen LogP contribution < -0.4 is 5.32 Å². The molecular weight excluding hydrogens is 327 g/mol. The van der Waals surface area contributed by atoms with Gasteiger partial charge in [-0.25, -0.2) is 9.97 Å². The van der Waals surface area contributed by atoms with Crippen LogP contribution >= 0.6 is 22.6 Å². The van der Waals surface area contributed by atoms with Crippen LogP contribution in [0.5, 0.6) is 0 Å². The normalized spacial score (nSPS) is 10.3. The Balaban J connectivity index is 2.56. The lowest BCUT2D eigenvalue weighted by Gasteiger charge is -2.09. The molecule has 4 nitrogen and oxygen atoms in total. The zero-order valence-corrected chi connectivity index (χ0v) is 11.9. The summed E-state index contributed by atoms with van der Waals surface area (Å²) in [4.78, 5) is 13.2. The summed E-state index contributed by atoms with van der Waals surface area (Å²) in [6, 6.07) is 3.86. The van der Waals surface area contributed by atoms with Crippen molar-refractivity contribution in [2.24, 2.45) is 0 Å². The predicted octanol–water partition coefficient (Wildman–Crippen LogP) is 2.75. The number of nitrogens with zero attached hydrogens (tertiary/aromatic N) is 3. The van der Waals surface area contributed by atoms with Gasteiger partial charge >= 0.3 is 0 Å². The van der Waals surface area contributed by atoms with Crippen molar-refractivity contribution in [2.75, 3.05) is 12.4 Å². The molecule has 0 fully saturated rings. The molecule has 17 heavy (non-hydrogen) atoms. The molecule has 0 radical (unpaired) electrons. The summed E-state index contributed by atoms with van der Waals surface area (Å²) in [5.41, 5.74) is 2.00. The molecule has 5 heteroatoms. The standard InChI is InChI=1S/C12H13IN4/c1-3-9-10(13)12(14-2)17-11(16-9)8-5-4-6-15-7-8/h4-7H,3H2,1-2H3,(H,14,16,17). The largest absolute Gasteiger partial charge is 0.372 e. The molecule has 2 aromatic heterocycles. The van der Waals surface area contributed by atoms with Gasteiger partial charge in [0.05, 0.1) is 9.26 Å². The number of anilines is 1. The highest BCUT2D eigenvalue weighted by atomic mass is 127. The molecule has 2 rings (SSSR count). The maximum Gasteiger partial charge on any atom is 0.163 e. The third-order valence-electron chi connectivity index (χ3n) is 2.41. The second-order valence-corrected chi connectivity index (χ2v) is 4.58. The first-order chi connectivity index (χ1) is 8.26. The molecule has 0 unspecified atom stereocenters. The molecule has 1 N–H and O–H groups in total. The average Bonchev–Trinajstić information content (AvgIpc) is 2.40. The molecule has 0 aromatic carbocycles. The molecule has 0 atom stereocenters. The zero-order chi connectivity index (χ0) is 12.3. The summed E-state index contributed by atoms with van der Waals surface area (Å²) in [6.07, 6.45) is 4.42. The Labute approximate surface area is 114 Å². The van der Waals surface area contributed by atoms with Gasteiger partial charge in [0.2, 0.25) is 0 Å². The monoisotopic (exact) mass is 340 g/mol. The third-order valence-corrected chi connectivity index (χ3v) is 3.54. The highest BCUT2D eigenvalue weighted by Gasteiger charge is 2.11. The molecule has 0 spiro atoms. The number of halogens is 1. The van der Waals surface area contributed by atoms with Gasteiger partial charge in [-0.3, -0.25) is 4.98 Å². The Hall–Kier alpha value is -1.24. The number of hydrogen-bond donors (Lipinski definition) is 1. The molecule has 0 aliphatic heterocycles. The Morgan fingerprint density at radius 3 is 2.76 bits per heavy atom. The first-order valence-electron chi connectivity index (χ1n) is 5.40. The lowest BCUT2D eigenvalue weighted by molar-refractivity contribution is 0.988. The summed E-state index contributed by atoms with van der Waals surface area (Å²) in [5, 5.41) is 3.10. The topological polar surface area (TPSA) is 50.7 Å². The Morgan fingerprint density at radius 1 is 1.35 bits per heavy atom. The van der Waals surface area contributed by atoms with E-state index in [0.717, 1.165) is 32.9 Å². The SMILES string of the molecule is CCc1nc(-c2cccnc2)nc(NC)c1I. The van der Waals surface area contributed by atoms with E-state index in [-0.39, 0.29) is 0 Å². The first kappa shape index (κ1) is 12.2. The summed E-state index contributed by atoms with van der Waals surface area (Å²) in [5.74, 6) is 1.59. The van der Waals surface area contributed by atoms with Crippen molar-refractivity contribution < 1.29 is 0 Å². The molecule has 0 aliphatic rings. The van der Waals surface area contributed by atoms with Gasteiger partial charge in [-0.2, -0.15) is 0 Å². The fourth-order valence-electron chi connectivity index (χ4n) is 1.52. The smallest absolute Gasteiger partial charge is 0.163 e. The van der Waals surface area contributed by atoms with Gasteiger partial charge in [-0.1, -0.05) is 6.92 Å². The summed E-state index contributed by atoms with van der Waals surface area (Å²) in [6.45, 7) is 2.09. The van der Waals surface area contributed by atoms with Crippen molar-refractivity contribution >= 4 is 28.4 Å². The number of rotatable bonds is 3. The fourth-order valence-corrected chi connectivity index (χ4v) is 2.41.